The van der Waals surface area contributed by atoms with Gasteiger partial charge < -0.3 is 30.0 Å². The smallest absolute Gasteiger partial charge is 0.243 e. The number of nitrogens with zero attached hydrogens (tertiary/aromatic N) is 2. The molecule has 9 nitrogen and oxygen atoms in total. The summed E-state index contributed by atoms with van der Waals surface area (Å²) in [5.41, 5.74) is 13.9. The first-order valence-corrected chi connectivity index (χ1v) is 17.1. The Morgan fingerprint density at radius 1 is 1.08 bits per heavy atom. The van der Waals surface area contributed by atoms with E-state index in [1.54, 1.807) is 6.07 Å². The number of primary amides is 1. The number of aldehydes is 2. The molecule has 48 heavy (non-hydrogen) atoms. The van der Waals surface area contributed by atoms with E-state index in [0.29, 0.717) is 25.4 Å². The fourth-order valence-corrected chi connectivity index (χ4v) is 5.34. The van der Waals surface area contributed by atoms with Crippen molar-refractivity contribution in [3.63, 3.8) is 0 Å². The van der Waals surface area contributed by atoms with Crippen molar-refractivity contribution in [2.75, 3.05) is 33.5 Å². The number of aromatic nitrogens is 1. The average Bonchev–Trinajstić information content (AvgIpc) is 3.38. The minimum absolute atomic E-state index is 0.0263. The molecule has 2 heterocycles. The molecule has 3 N–H and O–H groups in total. The standard InChI is InChI=1S/C25H29FN2O.C7H15NO3.C2H4O2.2C2H6/c1-14(2)9-17(13-29)15(3)10-23-25-20(12-28(23)5)19-8-6-7-18-16(4)21(26)11-22(27-25)24(18)19;1-6(2)11-4-3-10-5-7(8)9;3-1-2-4;2*1-2/h10-11,13-14H,6-9,12H2,1-5H3;6H,3-5H2,1-2H3,(H2,8,9);1,4H,2H2;2*1-2H3/b17-15-,23-10-;;;;. The molecule has 1 aromatic carbocycles. The molecule has 270 valence electrons. The van der Waals surface area contributed by atoms with Crippen LogP contribution in [0, 0.1) is 18.7 Å². The van der Waals surface area contributed by atoms with E-state index in [2.05, 4.69) is 31.9 Å². The van der Waals surface area contributed by atoms with E-state index in [-0.39, 0.29) is 25.1 Å². The molecule has 1 aromatic heterocycles. The molecule has 10 heteroatoms. The van der Waals surface area contributed by atoms with Crippen LogP contribution in [0.25, 0.3) is 16.6 Å². The zero-order chi connectivity index (χ0) is 37.0. The number of aryl methyl sites for hydroxylation is 2. The summed E-state index contributed by atoms with van der Waals surface area (Å²) in [5.74, 6) is -0.191. The van der Waals surface area contributed by atoms with Crippen LogP contribution >= 0.6 is 0 Å². The SMILES string of the molecule is CC.CC.CC(/C=C1/c2nc3cc(F)c(C)c4c3c(c2CN1C)CCC4)=C(/C=O)CC(C)C.CC(C)OCCOCC(N)=O.O=CCO. The number of carbonyl (C=O) groups excluding carboxylic acids is 3. The van der Waals surface area contributed by atoms with Gasteiger partial charge >= 0.3 is 0 Å². The van der Waals surface area contributed by atoms with Crippen LogP contribution in [0.15, 0.2) is 23.3 Å². The van der Waals surface area contributed by atoms with E-state index in [1.807, 2.05) is 55.4 Å². The molecule has 0 radical (unpaired) electrons. The minimum atomic E-state index is -0.449. The van der Waals surface area contributed by atoms with Crippen LogP contribution in [0.3, 0.4) is 0 Å². The van der Waals surface area contributed by atoms with Crippen molar-refractivity contribution in [2.45, 2.75) is 108 Å². The largest absolute Gasteiger partial charge is 0.389 e. The molecule has 1 aliphatic heterocycles. The third-order valence-electron chi connectivity index (χ3n) is 7.35. The molecule has 2 aromatic rings. The van der Waals surface area contributed by atoms with Crippen LogP contribution in [0.4, 0.5) is 4.39 Å². The second-order valence-corrected chi connectivity index (χ2v) is 11.7. The molecule has 0 saturated carbocycles. The maximum Gasteiger partial charge on any atom is 0.243 e. The Morgan fingerprint density at radius 3 is 2.21 bits per heavy atom. The molecule has 0 atom stereocenters. The predicted octanol–water partition coefficient (Wildman–Crippen LogP) is 6.66. The van der Waals surface area contributed by atoms with Gasteiger partial charge in [-0.05, 0) is 93.2 Å². The van der Waals surface area contributed by atoms with Gasteiger partial charge in [0.15, 0.2) is 0 Å². The third kappa shape index (κ3) is 13.6. The van der Waals surface area contributed by atoms with Gasteiger partial charge in [-0.1, -0.05) is 41.5 Å². The van der Waals surface area contributed by atoms with E-state index >= 15 is 0 Å². The molecule has 4 rings (SSSR count). The number of hydrogen-bond acceptors (Lipinski definition) is 8. The fourth-order valence-electron chi connectivity index (χ4n) is 5.34. The number of ether oxygens (including phenoxy) is 2. The van der Waals surface area contributed by atoms with Crippen LogP contribution in [-0.2, 0) is 43.2 Å². The second-order valence-electron chi connectivity index (χ2n) is 11.7. The van der Waals surface area contributed by atoms with Gasteiger partial charge in [0, 0.05) is 30.6 Å². The number of benzene rings is 1. The lowest BCUT2D eigenvalue weighted by Crippen LogP contribution is -2.20. The maximum atomic E-state index is 14.5. The number of nitrogens with two attached hydrogens (primary N) is 1. The molecule has 0 unspecified atom stereocenters. The molecule has 0 fully saturated rings. The number of rotatable bonds is 11. The highest BCUT2D eigenvalue weighted by Gasteiger charge is 2.30. The van der Waals surface area contributed by atoms with E-state index in [1.165, 1.54) is 16.5 Å². The monoisotopic (exact) mass is 673 g/mol. The van der Waals surface area contributed by atoms with E-state index in [9.17, 15) is 14.0 Å². The number of aliphatic hydroxyl groups excluding tert-OH is 1. The van der Waals surface area contributed by atoms with Crippen molar-refractivity contribution >= 4 is 35.1 Å². The molecule has 0 spiro atoms. The minimum Gasteiger partial charge on any atom is -0.389 e. The zero-order valence-electron chi connectivity index (χ0n) is 31.2. The summed E-state index contributed by atoms with van der Waals surface area (Å²) in [7, 11) is 2.07. The Bertz CT molecular complexity index is 1380. The Labute approximate surface area is 287 Å². The van der Waals surface area contributed by atoms with Crippen molar-refractivity contribution in [2.24, 2.45) is 11.7 Å². The number of carbonyl (C=O) groups is 3. The summed E-state index contributed by atoms with van der Waals surface area (Å²) in [6, 6.07) is 1.59. The number of halogens is 1. The summed E-state index contributed by atoms with van der Waals surface area (Å²) < 4.78 is 24.5. The van der Waals surface area contributed by atoms with Crippen LogP contribution in [-0.4, -0.2) is 73.0 Å². The summed E-state index contributed by atoms with van der Waals surface area (Å²) in [6.45, 7) is 21.3. The van der Waals surface area contributed by atoms with Gasteiger partial charge in [0.2, 0.25) is 5.91 Å². The van der Waals surface area contributed by atoms with Crippen molar-refractivity contribution < 1.29 is 33.4 Å². The summed E-state index contributed by atoms with van der Waals surface area (Å²) in [4.78, 5) is 37.8. The maximum absolute atomic E-state index is 14.5. The molecule has 0 bridgehead atoms. The van der Waals surface area contributed by atoms with Crippen LogP contribution in [0.2, 0.25) is 0 Å². The molecule has 1 aliphatic carbocycles. The van der Waals surface area contributed by atoms with Crippen LogP contribution in [0.1, 0.15) is 103 Å². The second kappa shape index (κ2) is 23.8. The number of hydrogen-bond donors (Lipinski definition) is 2. The Balaban J connectivity index is 0.000000971. The summed E-state index contributed by atoms with van der Waals surface area (Å²) >= 11 is 0. The first-order chi connectivity index (χ1) is 22.9. The van der Waals surface area contributed by atoms with Crippen molar-refractivity contribution in [3.8, 4) is 0 Å². The number of allylic oxidation sites excluding steroid dienone is 3. The molecule has 0 saturated heterocycles. The van der Waals surface area contributed by atoms with Gasteiger partial charge in [-0.3, -0.25) is 9.59 Å². The average molecular weight is 674 g/mol. The summed E-state index contributed by atoms with van der Waals surface area (Å²) in [5, 5.41) is 8.68. The lowest BCUT2D eigenvalue weighted by atomic mass is 9.85. The lowest BCUT2D eigenvalue weighted by Gasteiger charge is -2.21. The zero-order valence-corrected chi connectivity index (χ0v) is 31.2. The van der Waals surface area contributed by atoms with Gasteiger partial charge in [0.05, 0.1) is 42.8 Å². The van der Waals surface area contributed by atoms with Crippen molar-refractivity contribution in [1.29, 1.82) is 0 Å². The predicted molar refractivity (Wildman–Crippen MR) is 193 cm³/mol. The highest BCUT2D eigenvalue weighted by molar-refractivity contribution is 5.92. The third-order valence-corrected chi connectivity index (χ3v) is 7.35. The first-order valence-electron chi connectivity index (χ1n) is 17.1. The molecule has 1 amide bonds. The highest BCUT2D eigenvalue weighted by atomic mass is 19.1. The van der Waals surface area contributed by atoms with Crippen LogP contribution < -0.4 is 5.73 Å². The Morgan fingerprint density at radius 2 is 1.69 bits per heavy atom. The van der Waals surface area contributed by atoms with Gasteiger partial charge in [0.25, 0.3) is 0 Å². The molecular formula is C38H60FN3O6. The van der Waals surface area contributed by atoms with Crippen molar-refractivity contribution in [3.05, 3.63) is 57.1 Å². The number of pyridine rings is 1. The number of fused-ring (bicyclic) bond motifs is 2. The number of aliphatic hydroxyl groups is 1. The van der Waals surface area contributed by atoms with Crippen molar-refractivity contribution in [1.82, 2.24) is 9.88 Å². The topological polar surface area (TPSA) is 132 Å². The summed E-state index contributed by atoms with van der Waals surface area (Å²) in [6.07, 6.45) is 7.44. The molecular weight excluding hydrogens is 613 g/mol. The van der Waals surface area contributed by atoms with E-state index in [0.717, 1.165) is 77.7 Å². The van der Waals surface area contributed by atoms with Gasteiger partial charge in [-0.2, -0.15) is 0 Å². The molecule has 2 aliphatic rings. The fraction of sp³-hybridized carbons (Fsp3) is 0.579. The number of amides is 1. The van der Waals surface area contributed by atoms with Gasteiger partial charge in [-0.25, -0.2) is 9.37 Å². The lowest BCUT2D eigenvalue weighted by molar-refractivity contribution is -0.123. The van der Waals surface area contributed by atoms with Crippen LogP contribution in [0.5, 0.6) is 0 Å². The Hall–Kier alpha value is -3.47. The Kier molecular flexibility index (Phi) is 22.1. The normalized spacial score (nSPS) is 14.0. The first kappa shape index (κ1) is 44.5. The highest BCUT2D eigenvalue weighted by Crippen LogP contribution is 2.41. The van der Waals surface area contributed by atoms with E-state index in [4.69, 9.17) is 30.1 Å². The van der Waals surface area contributed by atoms with E-state index < -0.39 is 5.91 Å². The van der Waals surface area contributed by atoms with Gasteiger partial charge in [-0.15, -0.1) is 0 Å². The quantitative estimate of drug-likeness (QED) is 0.154. The van der Waals surface area contributed by atoms with Gasteiger partial charge in [0.1, 0.15) is 25.0 Å².